The molecular formula is C48H31N3. The maximum atomic E-state index is 5.24. The first-order valence-electron chi connectivity index (χ1n) is 17.3. The predicted molar refractivity (Wildman–Crippen MR) is 213 cm³/mol. The zero-order chi connectivity index (χ0) is 33.7. The van der Waals surface area contributed by atoms with Crippen molar-refractivity contribution in [3.05, 3.63) is 188 Å². The van der Waals surface area contributed by atoms with Crippen molar-refractivity contribution in [1.29, 1.82) is 0 Å². The van der Waals surface area contributed by atoms with Crippen LogP contribution in [0, 0.1) is 0 Å². The molecule has 0 unspecified atom stereocenters. The Balaban J connectivity index is 1.26. The predicted octanol–water partition coefficient (Wildman–Crippen LogP) is 12.5. The Hall–Kier alpha value is -6.84. The van der Waals surface area contributed by atoms with Crippen molar-refractivity contribution in [2.45, 2.75) is 0 Å². The van der Waals surface area contributed by atoms with Crippen molar-refractivity contribution in [2.24, 2.45) is 0 Å². The minimum absolute atomic E-state index is 0.952. The molecule has 0 aliphatic carbocycles. The van der Waals surface area contributed by atoms with E-state index in [4.69, 9.17) is 9.97 Å². The lowest BCUT2D eigenvalue weighted by Gasteiger charge is -2.15. The molecule has 0 aliphatic heterocycles. The monoisotopic (exact) mass is 649 g/mol. The number of fused-ring (bicyclic) bond motifs is 7. The van der Waals surface area contributed by atoms with Crippen LogP contribution in [-0.4, -0.2) is 14.5 Å². The first-order chi connectivity index (χ1) is 25.3. The zero-order valence-corrected chi connectivity index (χ0v) is 27.7. The quantitative estimate of drug-likeness (QED) is 0.174. The number of benzene rings is 7. The minimum atomic E-state index is 0.952. The van der Waals surface area contributed by atoms with Crippen LogP contribution in [0.1, 0.15) is 0 Å². The van der Waals surface area contributed by atoms with Crippen molar-refractivity contribution < 1.29 is 0 Å². The van der Waals surface area contributed by atoms with E-state index in [-0.39, 0.29) is 0 Å². The largest absolute Gasteiger partial charge is 0.309 e. The van der Waals surface area contributed by atoms with Gasteiger partial charge in [-0.05, 0) is 47.5 Å². The Morgan fingerprint density at radius 2 is 0.922 bits per heavy atom. The van der Waals surface area contributed by atoms with Gasteiger partial charge in [-0.1, -0.05) is 152 Å². The van der Waals surface area contributed by atoms with Gasteiger partial charge >= 0.3 is 0 Å². The summed E-state index contributed by atoms with van der Waals surface area (Å²) in [6.07, 6.45) is 0. The summed E-state index contributed by atoms with van der Waals surface area (Å²) in [6.45, 7) is 0. The maximum absolute atomic E-state index is 5.24. The molecule has 10 aromatic rings. The van der Waals surface area contributed by atoms with Crippen LogP contribution in [0.25, 0.3) is 94.1 Å². The van der Waals surface area contributed by atoms with Gasteiger partial charge in [-0.15, -0.1) is 0 Å². The maximum Gasteiger partial charge on any atom is 0.0788 e. The lowest BCUT2D eigenvalue weighted by Crippen LogP contribution is -1.97. The van der Waals surface area contributed by atoms with Gasteiger partial charge in [0.25, 0.3) is 0 Å². The minimum Gasteiger partial charge on any atom is -0.309 e. The fourth-order valence-electron chi connectivity index (χ4n) is 7.61. The molecule has 0 radical (unpaired) electrons. The van der Waals surface area contributed by atoms with Crippen molar-refractivity contribution >= 4 is 43.5 Å². The molecule has 0 atom stereocenters. The Kier molecular flexibility index (Phi) is 6.81. The van der Waals surface area contributed by atoms with Crippen molar-refractivity contribution in [3.8, 4) is 50.6 Å². The third kappa shape index (κ3) is 4.90. The summed E-state index contributed by atoms with van der Waals surface area (Å²) in [6, 6.07) is 66.7. The van der Waals surface area contributed by atoms with Gasteiger partial charge in [0.05, 0.1) is 33.6 Å². The number of pyridine rings is 2. The summed E-state index contributed by atoms with van der Waals surface area (Å²) < 4.78 is 2.45. The highest BCUT2D eigenvalue weighted by Gasteiger charge is 2.20. The van der Waals surface area contributed by atoms with Crippen molar-refractivity contribution in [2.75, 3.05) is 0 Å². The molecule has 0 saturated heterocycles. The molecule has 0 saturated carbocycles. The number of hydrogen-bond acceptors (Lipinski definition) is 2. The van der Waals surface area contributed by atoms with Gasteiger partial charge in [0.2, 0.25) is 0 Å². The number of aromatic nitrogens is 3. The second kappa shape index (κ2) is 11.9. The van der Waals surface area contributed by atoms with E-state index in [1.165, 1.54) is 27.2 Å². The van der Waals surface area contributed by atoms with Gasteiger partial charge < -0.3 is 4.57 Å². The lowest BCUT2D eigenvalue weighted by atomic mass is 9.97. The molecule has 0 aliphatic rings. The third-order valence-corrected chi connectivity index (χ3v) is 9.95. The normalized spacial score (nSPS) is 11.5. The standard InChI is InChI=1S/C48H31N3/c1-4-15-32(16-5-1)43-30-36(31-44(49-43)33-17-6-2-7-18-33)35-21-14-22-37(29-35)51-45-26-13-11-23-38(45)39-27-28-41-46(48(39)51)40-24-10-12-25-42(40)50-47(41)34-19-8-3-9-20-34/h1-31H. The molecule has 10 rings (SSSR count). The zero-order valence-electron chi connectivity index (χ0n) is 27.7. The van der Waals surface area contributed by atoms with Crippen molar-refractivity contribution in [1.82, 2.24) is 14.5 Å². The van der Waals surface area contributed by atoms with E-state index in [1.54, 1.807) is 0 Å². The molecule has 0 N–H and O–H groups in total. The third-order valence-electron chi connectivity index (χ3n) is 9.95. The van der Waals surface area contributed by atoms with Crippen LogP contribution < -0.4 is 0 Å². The molecule has 238 valence electrons. The summed E-state index contributed by atoms with van der Waals surface area (Å²) in [5.41, 5.74) is 12.9. The van der Waals surface area contributed by atoms with E-state index in [9.17, 15) is 0 Å². The van der Waals surface area contributed by atoms with Gasteiger partial charge in [-0.25, -0.2) is 9.97 Å². The molecule has 51 heavy (non-hydrogen) atoms. The smallest absolute Gasteiger partial charge is 0.0788 e. The number of hydrogen-bond donors (Lipinski definition) is 0. The van der Waals surface area contributed by atoms with Crippen molar-refractivity contribution in [3.63, 3.8) is 0 Å². The van der Waals surface area contributed by atoms with Gasteiger partial charge in [-0.2, -0.15) is 0 Å². The average molecular weight is 650 g/mol. The Labute approximate surface area is 295 Å². The SMILES string of the molecule is c1ccc(-c2cc(-c3cccc(-n4c5ccccc5c5ccc6c(-c7ccccc7)nc7ccccc7c6c54)c3)cc(-c3ccccc3)n2)cc1. The summed E-state index contributed by atoms with van der Waals surface area (Å²) in [5, 5.41) is 5.94. The summed E-state index contributed by atoms with van der Waals surface area (Å²) in [5.74, 6) is 0. The van der Waals surface area contributed by atoms with Crippen LogP contribution in [0.4, 0.5) is 0 Å². The number of rotatable bonds is 5. The summed E-state index contributed by atoms with van der Waals surface area (Å²) in [4.78, 5) is 10.4. The highest BCUT2D eigenvalue weighted by molar-refractivity contribution is 6.26. The first kappa shape index (κ1) is 29.1. The average Bonchev–Trinajstić information content (AvgIpc) is 3.56. The number of nitrogens with zero attached hydrogens (tertiary/aromatic N) is 3. The Morgan fingerprint density at radius 1 is 0.353 bits per heavy atom. The molecule has 0 bridgehead atoms. The van der Waals surface area contributed by atoms with E-state index < -0.39 is 0 Å². The van der Waals surface area contributed by atoms with Crippen LogP contribution in [0.15, 0.2) is 188 Å². The van der Waals surface area contributed by atoms with E-state index in [2.05, 4.69) is 180 Å². The molecule has 3 nitrogen and oxygen atoms in total. The second-order valence-corrected chi connectivity index (χ2v) is 13.0. The van der Waals surface area contributed by atoms with Gasteiger partial charge in [0.1, 0.15) is 0 Å². The molecular weight excluding hydrogens is 619 g/mol. The van der Waals surface area contributed by atoms with Crippen LogP contribution in [0.3, 0.4) is 0 Å². The van der Waals surface area contributed by atoms with E-state index >= 15 is 0 Å². The molecule has 0 fully saturated rings. The highest BCUT2D eigenvalue weighted by Crippen LogP contribution is 2.42. The topological polar surface area (TPSA) is 30.7 Å². The van der Waals surface area contributed by atoms with Gasteiger partial charge in [-0.3, -0.25) is 0 Å². The van der Waals surface area contributed by atoms with Gasteiger partial charge in [0.15, 0.2) is 0 Å². The molecule has 7 aromatic carbocycles. The van der Waals surface area contributed by atoms with Crippen LogP contribution in [0.5, 0.6) is 0 Å². The Bertz CT molecular complexity index is 2830. The summed E-state index contributed by atoms with van der Waals surface area (Å²) >= 11 is 0. The van der Waals surface area contributed by atoms with E-state index in [0.29, 0.717) is 0 Å². The second-order valence-electron chi connectivity index (χ2n) is 13.0. The summed E-state index contributed by atoms with van der Waals surface area (Å²) in [7, 11) is 0. The fourth-order valence-corrected chi connectivity index (χ4v) is 7.61. The molecule has 3 heteroatoms. The van der Waals surface area contributed by atoms with E-state index in [0.717, 1.165) is 66.9 Å². The first-order valence-corrected chi connectivity index (χ1v) is 17.3. The van der Waals surface area contributed by atoms with Crippen LogP contribution >= 0.6 is 0 Å². The van der Waals surface area contributed by atoms with Crippen LogP contribution in [0.2, 0.25) is 0 Å². The number of para-hydroxylation sites is 2. The molecule has 3 aromatic heterocycles. The lowest BCUT2D eigenvalue weighted by molar-refractivity contribution is 1.19. The van der Waals surface area contributed by atoms with Gasteiger partial charge in [0, 0.05) is 49.3 Å². The highest BCUT2D eigenvalue weighted by atomic mass is 15.0. The van der Waals surface area contributed by atoms with E-state index in [1.807, 2.05) is 12.1 Å². The molecule has 3 heterocycles. The van der Waals surface area contributed by atoms with Crippen LogP contribution in [-0.2, 0) is 0 Å². The fraction of sp³-hybridized carbons (Fsp3) is 0. The Morgan fingerprint density at radius 3 is 1.63 bits per heavy atom. The molecule has 0 spiro atoms. The molecule has 0 amide bonds.